The molecule has 1 aromatic rings. The maximum atomic E-state index is 3.36. The summed E-state index contributed by atoms with van der Waals surface area (Å²) in [5, 5.41) is 2.21. The van der Waals surface area contributed by atoms with Gasteiger partial charge in [-0.2, -0.15) is 0 Å². The molecule has 1 aliphatic heterocycles. The van der Waals surface area contributed by atoms with Crippen molar-refractivity contribution in [2.45, 2.75) is 6.92 Å². The van der Waals surface area contributed by atoms with E-state index in [0.29, 0.717) is 0 Å². The predicted molar refractivity (Wildman–Crippen MR) is 51.0 cm³/mol. The molecule has 12 heavy (non-hydrogen) atoms. The Bertz CT molecular complexity index is 245. The monoisotopic (exact) mass is 162 g/mol. The second kappa shape index (κ2) is 3.15. The SMILES string of the molecule is CC1CNN(c2ccccc2)C1. The summed E-state index contributed by atoms with van der Waals surface area (Å²) < 4.78 is 0. The van der Waals surface area contributed by atoms with Crippen molar-refractivity contribution in [2.75, 3.05) is 18.1 Å². The van der Waals surface area contributed by atoms with E-state index in [9.17, 15) is 0 Å². The van der Waals surface area contributed by atoms with E-state index in [1.165, 1.54) is 5.69 Å². The van der Waals surface area contributed by atoms with Crippen LogP contribution < -0.4 is 10.4 Å². The van der Waals surface area contributed by atoms with Gasteiger partial charge in [0, 0.05) is 13.1 Å². The minimum atomic E-state index is 0.755. The fourth-order valence-electron chi connectivity index (χ4n) is 1.51. The third-order valence-corrected chi connectivity index (χ3v) is 2.19. The minimum absolute atomic E-state index is 0.755. The minimum Gasteiger partial charge on any atom is -0.308 e. The Kier molecular flexibility index (Phi) is 2.00. The van der Waals surface area contributed by atoms with E-state index in [1.54, 1.807) is 0 Å². The van der Waals surface area contributed by atoms with Gasteiger partial charge >= 0.3 is 0 Å². The van der Waals surface area contributed by atoms with E-state index in [4.69, 9.17) is 0 Å². The molecule has 2 nitrogen and oxygen atoms in total. The number of hydrazine groups is 1. The van der Waals surface area contributed by atoms with E-state index >= 15 is 0 Å². The highest BCUT2D eigenvalue weighted by Gasteiger charge is 2.17. The third-order valence-electron chi connectivity index (χ3n) is 2.19. The van der Waals surface area contributed by atoms with Crippen LogP contribution in [-0.4, -0.2) is 13.1 Å². The summed E-state index contributed by atoms with van der Waals surface area (Å²) in [7, 11) is 0. The van der Waals surface area contributed by atoms with Crippen molar-refractivity contribution < 1.29 is 0 Å². The molecule has 1 aromatic carbocycles. The molecule has 0 saturated carbocycles. The van der Waals surface area contributed by atoms with E-state index < -0.39 is 0 Å². The molecule has 1 unspecified atom stereocenters. The van der Waals surface area contributed by atoms with Gasteiger partial charge in [-0.1, -0.05) is 25.1 Å². The number of hydrogen-bond donors (Lipinski definition) is 1. The molecule has 1 heterocycles. The van der Waals surface area contributed by atoms with Crippen LogP contribution in [0.3, 0.4) is 0 Å². The molecule has 2 heteroatoms. The van der Waals surface area contributed by atoms with E-state index in [0.717, 1.165) is 19.0 Å². The van der Waals surface area contributed by atoms with Gasteiger partial charge in [0.25, 0.3) is 0 Å². The van der Waals surface area contributed by atoms with Crippen molar-refractivity contribution in [3.05, 3.63) is 30.3 Å². The Morgan fingerprint density at radius 3 is 2.67 bits per heavy atom. The van der Waals surface area contributed by atoms with Crippen LogP contribution in [0.2, 0.25) is 0 Å². The molecule has 1 atom stereocenters. The summed E-state index contributed by atoms with van der Waals surface area (Å²) in [6.45, 7) is 4.47. The standard InChI is InChI=1S/C10H14N2/c1-9-7-11-12(8-9)10-5-3-2-4-6-10/h2-6,9,11H,7-8H2,1H3. The maximum Gasteiger partial charge on any atom is 0.0519 e. The lowest BCUT2D eigenvalue weighted by Crippen LogP contribution is -2.30. The Morgan fingerprint density at radius 2 is 2.08 bits per heavy atom. The van der Waals surface area contributed by atoms with Crippen molar-refractivity contribution in [1.29, 1.82) is 0 Å². The molecule has 64 valence electrons. The van der Waals surface area contributed by atoms with Crippen LogP contribution in [0.15, 0.2) is 30.3 Å². The van der Waals surface area contributed by atoms with Crippen LogP contribution in [0, 0.1) is 5.92 Å². The zero-order valence-corrected chi connectivity index (χ0v) is 7.33. The molecule has 0 bridgehead atoms. The quantitative estimate of drug-likeness (QED) is 0.675. The molecule has 1 N–H and O–H groups in total. The van der Waals surface area contributed by atoms with Gasteiger partial charge in [-0.25, -0.2) is 5.43 Å². The molecule has 0 amide bonds. The van der Waals surface area contributed by atoms with Crippen LogP contribution in [0.25, 0.3) is 0 Å². The number of benzene rings is 1. The Morgan fingerprint density at radius 1 is 1.33 bits per heavy atom. The molecule has 1 fully saturated rings. The largest absolute Gasteiger partial charge is 0.308 e. The molecule has 0 aromatic heterocycles. The summed E-state index contributed by atoms with van der Waals surface area (Å²) in [6, 6.07) is 10.4. The molecular weight excluding hydrogens is 148 g/mol. The van der Waals surface area contributed by atoms with Gasteiger partial charge in [0.1, 0.15) is 0 Å². The van der Waals surface area contributed by atoms with Crippen LogP contribution in [-0.2, 0) is 0 Å². The van der Waals surface area contributed by atoms with E-state index in [1.807, 2.05) is 6.07 Å². The van der Waals surface area contributed by atoms with Crippen molar-refractivity contribution in [3.8, 4) is 0 Å². The number of nitrogens with zero attached hydrogens (tertiary/aromatic N) is 1. The first-order valence-corrected chi connectivity index (χ1v) is 4.42. The first-order chi connectivity index (χ1) is 5.86. The Labute approximate surface area is 73.2 Å². The average Bonchev–Trinajstić information content (AvgIpc) is 2.54. The summed E-state index contributed by atoms with van der Waals surface area (Å²) in [5.41, 5.74) is 4.62. The third kappa shape index (κ3) is 1.43. The normalized spacial score (nSPS) is 23.1. The molecule has 0 aliphatic carbocycles. The van der Waals surface area contributed by atoms with Crippen molar-refractivity contribution in [1.82, 2.24) is 5.43 Å². The van der Waals surface area contributed by atoms with Gasteiger partial charge in [-0.05, 0) is 18.1 Å². The number of hydrogen-bond acceptors (Lipinski definition) is 2. The Balaban J connectivity index is 2.11. The summed E-state index contributed by atoms with van der Waals surface area (Å²) in [4.78, 5) is 0. The second-order valence-corrected chi connectivity index (χ2v) is 3.41. The van der Waals surface area contributed by atoms with Crippen LogP contribution >= 0.6 is 0 Å². The van der Waals surface area contributed by atoms with Gasteiger partial charge in [-0.3, -0.25) is 0 Å². The fourth-order valence-corrected chi connectivity index (χ4v) is 1.51. The first-order valence-electron chi connectivity index (χ1n) is 4.42. The fraction of sp³-hybridized carbons (Fsp3) is 0.400. The lowest BCUT2D eigenvalue weighted by Gasteiger charge is -2.17. The smallest absolute Gasteiger partial charge is 0.0519 e. The molecule has 0 radical (unpaired) electrons. The topological polar surface area (TPSA) is 15.3 Å². The lowest BCUT2D eigenvalue weighted by atomic mass is 10.2. The van der Waals surface area contributed by atoms with Gasteiger partial charge < -0.3 is 5.01 Å². The first kappa shape index (κ1) is 7.62. The van der Waals surface area contributed by atoms with Crippen LogP contribution in [0.5, 0.6) is 0 Å². The van der Waals surface area contributed by atoms with Crippen molar-refractivity contribution in [3.63, 3.8) is 0 Å². The van der Waals surface area contributed by atoms with E-state index in [2.05, 4.69) is 41.6 Å². The molecule has 1 aliphatic rings. The van der Waals surface area contributed by atoms with Crippen LogP contribution in [0.4, 0.5) is 5.69 Å². The zero-order valence-electron chi connectivity index (χ0n) is 7.33. The highest BCUT2D eigenvalue weighted by molar-refractivity contribution is 5.45. The van der Waals surface area contributed by atoms with Crippen molar-refractivity contribution >= 4 is 5.69 Å². The zero-order chi connectivity index (χ0) is 8.39. The number of nitrogens with one attached hydrogen (secondary N) is 1. The summed E-state index contributed by atoms with van der Waals surface area (Å²) in [5.74, 6) is 0.755. The van der Waals surface area contributed by atoms with Crippen LogP contribution in [0.1, 0.15) is 6.92 Å². The maximum absolute atomic E-state index is 3.36. The predicted octanol–water partition coefficient (Wildman–Crippen LogP) is 1.65. The van der Waals surface area contributed by atoms with Gasteiger partial charge in [0.05, 0.1) is 5.69 Å². The number of para-hydroxylation sites is 1. The van der Waals surface area contributed by atoms with Gasteiger partial charge in [0.2, 0.25) is 0 Å². The summed E-state index contributed by atoms with van der Waals surface area (Å²) in [6.07, 6.45) is 0. The van der Waals surface area contributed by atoms with Crippen molar-refractivity contribution in [2.24, 2.45) is 5.92 Å². The van der Waals surface area contributed by atoms with Gasteiger partial charge in [-0.15, -0.1) is 0 Å². The lowest BCUT2D eigenvalue weighted by molar-refractivity contribution is 0.685. The summed E-state index contributed by atoms with van der Waals surface area (Å²) >= 11 is 0. The number of rotatable bonds is 1. The molecular formula is C10H14N2. The Hall–Kier alpha value is -1.02. The highest BCUT2D eigenvalue weighted by Crippen LogP contribution is 2.16. The van der Waals surface area contributed by atoms with Gasteiger partial charge in [0.15, 0.2) is 0 Å². The average molecular weight is 162 g/mol. The number of anilines is 1. The highest BCUT2D eigenvalue weighted by atomic mass is 15.5. The van der Waals surface area contributed by atoms with E-state index in [-0.39, 0.29) is 0 Å². The molecule has 0 spiro atoms. The molecule has 2 rings (SSSR count). The molecule has 1 saturated heterocycles. The second-order valence-electron chi connectivity index (χ2n) is 3.41.